The number of methoxy groups -OCH3 is 1. The Morgan fingerprint density at radius 2 is 1.63 bits per heavy atom. The Hall–Kier alpha value is -4.39. The molecule has 4 rings (SSSR count). The number of rotatable bonds is 9. The van der Waals surface area contributed by atoms with Gasteiger partial charge in [0.15, 0.2) is 12.5 Å². The fourth-order valence-electron chi connectivity index (χ4n) is 4.40. The molecule has 0 saturated carbocycles. The molecule has 35 heavy (non-hydrogen) atoms. The van der Waals surface area contributed by atoms with E-state index in [1.165, 1.54) is 7.11 Å². The van der Waals surface area contributed by atoms with E-state index in [1.54, 1.807) is 22.6 Å². The lowest BCUT2D eigenvalue weighted by Crippen LogP contribution is -2.24. The molecule has 2 heterocycles. The number of nitrogens with zero attached hydrogens (tertiary/aromatic N) is 1. The van der Waals surface area contributed by atoms with Crippen molar-refractivity contribution in [3.63, 3.8) is 0 Å². The first-order valence-corrected chi connectivity index (χ1v) is 11.3. The summed E-state index contributed by atoms with van der Waals surface area (Å²) >= 11 is 0. The van der Waals surface area contributed by atoms with Crippen LogP contribution >= 0.6 is 0 Å². The Labute approximate surface area is 203 Å². The number of esters is 1. The molecule has 0 spiro atoms. The third kappa shape index (κ3) is 4.66. The number of carbonyl (C=O) groups excluding carboxylic acids is 3. The Bertz CT molecular complexity index is 1410. The minimum absolute atomic E-state index is 0.260. The van der Waals surface area contributed by atoms with Crippen molar-refractivity contribution in [2.45, 2.75) is 19.8 Å². The van der Waals surface area contributed by atoms with Gasteiger partial charge in [0, 0.05) is 12.1 Å². The van der Waals surface area contributed by atoms with Crippen LogP contribution in [0.1, 0.15) is 34.1 Å². The highest BCUT2D eigenvalue weighted by molar-refractivity contribution is 6.44. The van der Waals surface area contributed by atoms with Gasteiger partial charge in [-0.1, -0.05) is 67.6 Å². The van der Waals surface area contributed by atoms with Crippen molar-refractivity contribution in [1.29, 1.82) is 0 Å². The van der Waals surface area contributed by atoms with Gasteiger partial charge in [-0.15, -0.1) is 0 Å². The minimum atomic E-state index is -1.02. The number of primary amides is 1. The third-order valence-electron chi connectivity index (χ3n) is 5.96. The van der Waals surface area contributed by atoms with Gasteiger partial charge in [-0.25, -0.2) is 4.79 Å². The Kier molecular flexibility index (Phi) is 6.96. The van der Waals surface area contributed by atoms with E-state index in [9.17, 15) is 14.4 Å². The summed E-state index contributed by atoms with van der Waals surface area (Å²) in [6.45, 7) is 1.63. The van der Waals surface area contributed by atoms with Gasteiger partial charge in [-0.05, 0) is 40.8 Å². The van der Waals surface area contributed by atoms with Crippen molar-refractivity contribution >= 4 is 23.2 Å². The largest absolute Gasteiger partial charge is 0.467 e. The molecule has 0 saturated heterocycles. The van der Waals surface area contributed by atoms with Crippen molar-refractivity contribution in [2.75, 3.05) is 13.7 Å². The van der Waals surface area contributed by atoms with E-state index in [4.69, 9.17) is 15.2 Å². The van der Waals surface area contributed by atoms with Crippen molar-refractivity contribution in [2.24, 2.45) is 5.73 Å². The molecule has 0 fully saturated rings. The maximum Gasteiger partial charge on any atom is 0.343 e. The van der Waals surface area contributed by atoms with Crippen LogP contribution in [-0.4, -0.2) is 35.8 Å². The van der Waals surface area contributed by atoms with Gasteiger partial charge in [0.25, 0.3) is 11.7 Å². The predicted octanol–water partition coefficient (Wildman–Crippen LogP) is 3.98. The molecule has 2 aromatic heterocycles. The molecule has 1 amide bonds. The van der Waals surface area contributed by atoms with Gasteiger partial charge in [0.1, 0.15) is 0 Å². The Morgan fingerprint density at radius 3 is 2.31 bits per heavy atom. The second kappa shape index (κ2) is 10.3. The lowest BCUT2D eigenvalue weighted by molar-refractivity contribution is -0.143. The average molecular weight is 471 g/mol. The smallest absolute Gasteiger partial charge is 0.343 e. The van der Waals surface area contributed by atoms with Crippen LogP contribution in [0.3, 0.4) is 0 Å². The lowest BCUT2D eigenvalue weighted by atomic mass is 9.94. The monoisotopic (exact) mass is 470 g/mol. The van der Waals surface area contributed by atoms with Crippen molar-refractivity contribution in [3.05, 3.63) is 95.2 Å². The molecule has 0 atom stereocenters. The molecule has 0 aliphatic rings. The number of pyridine rings is 1. The summed E-state index contributed by atoms with van der Waals surface area (Å²) in [5.74, 6) is -1.95. The molecule has 0 aliphatic carbocycles. The van der Waals surface area contributed by atoms with Gasteiger partial charge in [-0.3, -0.25) is 14.0 Å². The van der Waals surface area contributed by atoms with Gasteiger partial charge in [0.05, 0.1) is 18.2 Å². The maximum absolute atomic E-state index is 12.9. The predicted molar refractivity (Wildman–Crippen MR) is 132 cm³/mol. The highest BCUT2D eigenvalue weighted by Crippen LogP contribution is 2.33. The summed E-state index contributed by atoms with van der Waals surface area (Å²) in [6.07, 6.45) is 0.954. The highest BCUT2D eigenvalue weighted by atomic mass is 16.6. The zero-order chi connectivity index (χ0) is 24.9. The van der Waals surface area contributed by atoms with E-state index >= 15 is 0 Å². The van der Waals surface area contributed by atoms with Crippen LogP contribution < -0.4 is 10.5 Å². The molecule has 0 unspecified atom stereocenters. The molecular formula is C28H26N2O5. The van der Waals surface area contributed by atoms with Crippen LogP contribution in [0.4, 0.5) is 0 Å². The van der Waals surface area contributed by atoms with E-state index in [0.29, 0.717) is 29.8 Å². The van der Waals surface area contributed by atoms with E-state index in [2.05, 4.69) is 6.07 Å². The molecule has 7 nitrogen and oxygen atoms in total. The fourth-order valence-corrected chi connectivity index (χ4v) is 4.40. The van der Waals surface area contributed by atoms with E-state index < -0.39 is 17.7 Å². The van der Waals surface area contributed by atoms with Crippen molar-refractivity contribution in [3.8, 4) is 17.0 Å². The fraction of sp³-hybridized carbons (Fsp3) is 0.179. The van der Waals surface area contributed by atoms with Crippen LogP contribution in [0.15, 0.2) is 72.8 Å². The number of hydrogen-bond acceptors (Lipinski definition) is 5. The first-order valence-electron chi connectivity index (χ1n) is 11.3. The summed E-state index contributed by atoms with van der Waals surface area (Å²) in [5, 5.41) is 0. The van der Waals surface area contributed by atoms with Crippen molar-refractivity contribution in [1.82, 2.24) is 4.40 Å². The third-order valence-corrected chi connectivity index (χ3v) is 5.96. The number of Topliss-reactive ketones (excluding diaryl/α,β-unsaturated/α-hetero) is 1. The highest BCUT2D eigenvalue weighted by Gasteiger charge is 2.27. The summed E-state index contributed by atoms with van der Waals surface area (Å²) in [7, 11) is 1.28. The first kappa shape index (κ1) is 23.8. The Balaban J connectivity index is 1.94. The average Bonchev–Trinajstić information content (AvgIpc) is 3.21. The molecule has 178 valence electrons. The number of ether oxygens (including phenoxy) is 2. The minimum Gasteiger partial charge on any atom is -0.467 e. The molecule has 0 bridgehead atoms. The molecule has 0 aliphatic heterocycles. The molecule has 7 heteroatoms. The first-order chi connectivity index (χ1) is 17.0. The van der Waals surface area contributed by atoms with Crippen LogP contribution in [-0.2, 0) is 27.2 Å². The Morgan fingerprint density at radius 1 is 0.914 bits per heavy atom. The summed E-state index contributed by atoms with van der Waals surface area (Å²) in [4.78, 5) is 36.6. The quantitative estimate of drug-likeness (QED) is 0.227. The van der Waals surface area contributed by atoms with Crippen LogP contribution in [0.2, 0.25) is 0 Å². The van der Waals surface area contributed by atoms with Crippen LogP contribution in [0, 0.1) is 0 Å². The standard InChI is InChI=1S/C28H26N2O5/c1-3-20-23(16-19-12-7-8-13-21(19)18-10-5-4-6-11-18)30-22(26(20)27(32)28(29)33)14-9-15-24(30)35-17-25(31)34-2/h4-15H,3,16-17H2,1-2H3,(H2,29,33). The van der Waals surface area contributed by atoms with Gasteiger partial charge in [-0.2, -0.15) is 0 Å². The van der Waals surface area contributed by atoms with Crippen LogP contribution in [0.25, 0.3) is 16.6 Å². The van der Waals surface area contributed by atoms with E-state index in [1.807, 2.05) is 55.5 Å². The van der Waals surface area contributed by atoms with Crippen LogP contribution in [0.5, 0.6) is 5.88 Å². The van der Waals surface area contributed by atoms with E-state index in [0.717, 1.165) is 22.4 Å². The SMILES string of the molecule is CCc1c(C(=O)C(N)=O)c2cccc(OCC(=O)OC)n2c1Cc1ccccc1-c1ccccc1. The number of amides is 1. The second-order valence-corrected chi connectivity index (χ2v) is 8.00. The number of fused-ring (bicyclic) bond motifs is 1. The summed E-state index contributed by atoms with van der Waals surface area (Å²) in [6, 6.07) is 23.2. The summed E-state index contributed by atoms with van der Waals surface area (Å²) in [5.41, 5.74) is 10.8. The summed E-state index contributed by atoms with van der Waals surface area (Å²) < 4.78 is 12.3. The lowest BCUT2D eigenvalue weighted by Gasteiger charge is -2.14. The van der Waals surface area contributed by atoms with Crippen molar-refractivity contribution < 1.29 is 23.9 Å². The molecule has 2 N–H and O–H groups in total. The number of carbonyl (C=O) groups is 3. The zero-order valence-electron chi connectivity index (χ0n) is 19.6. The topological polar surface area (TPSA) is 100 Å². The number of nitrogens with two attached hydrogens (primary N) is 1. The molecular weight excluding hydrogens is 444 g/mol. The maximum atomic E-state index is 12.9. The number of benzene rings is 2. The van der Waals surface area contributed by atoms with E-state index in [-0.39, 0.29) is 12.2 Å². The molecule has 4 aromatic rings. The molecule has 2 aromatic carbocycles. The normalized spacial score (nSPS) is 10.8. The van der Waals surface area contributed by atoms with Gasteiger partial charge in [0.2, 0.25) is 0 Å². The number of aromatic nitrogens is 1. The molecule has 0 radical (unpaired) electrons. The second-order valence-electron chi connectivity index (χ2n) is 8.00. The zero-order valence-corrected chi connectivity index (χ0v) is 19.6. The number of hydrogen-bond donors (Lipinski definition) is 1. The van der Waals surface area contributed by atoms with Gasteiger partial charge >= 0.3 is 5.97 Å². The van der Waals surface area contributed by atoms with Gasteiger partial charge < -0.3 is 15.2 Å². The number of ketones is 1.